The van der Waals surface area contributed by atoms with Crippen LogP contribution in [0.3, 0.4) is 0 Å². The Morgan fingerprint density at radius 2 is 1.55 bits per heavy atom. The summed E-state index contributed by atoms with van der Waals surface area (Å²) in [5.41, 5.74) is 2.69. The molecule has 7 heteroatoms. The molecule has 4 aromatic rings. The summed E-state index contributed by atoms with van der Waals surface area (Å²) < 4.78 is 0.850. The first kappa shape index (κ1) is 23.4. The molecule has 0 bridgehead atoms. The number of benzene rings is 4. The number of halogens is 2. The highest BCUT2D eigenvalue weighted by molar-refractivity contribution is 9.10. The van der Waals surface area contributed by atoms with E-state index in [9.17, 15) is 14.4 Å². The highest BCUT2D eigenvalue weighted by Crippen LogP contribution is 2.50. The minimum Gasteiger partial charge on any atom is -0.352 e. The molecule has 5 nitrogen and oxygen atoms in total. The maximum absolute atomic E-state index is 14.2. The Labute approximate surface area is 232 Å². The molecule has 0 spiro atoms. The molecule has 7 rings (SSSR count). The number of rotatable bonds is 3. The standard InChI is InChI=1S/C31H20BrClN2O3/c32-20-12-8-19(9-13-20)29(36)28-27-26(24-15-11-18-10-14-21(33)16-25(18)34(24)28)30(37)35(31(27)38)23-7-3-5-17-4-1-2-6-22(17)23/h1-16,24,26-28H/t24-,26+,27-,28+/m1/s1. The lowest BCUT2D eigenvalue weighted by molar-refractivity contribution is -0.122. The lowest BCUT2D eigenvalue weighted by Crippen LogP contribution is -2.48. The summed E-state index contributed by atoms with van der Waals surface area (Å²) in [5, 5.41) is 2.29. The molecule has 0 aromatic heterocycles. The molecule has 0 aliphatic carbocycles. The summed E-state index contributed by atoms with van der Waals surface area (Å²) in [5.74, 6) is -2.37. The van der Waals surface area contributed by atoms with Crippen LogP contribution in [0.2, 0.25) is 5.02 Å². The van der Waals surface area contributed by atoms with Gasteiger partial charge in [0.05, 0.1) is 23.6 Å². The highest BCUT2D eigenvalue weighted by Gasteiger charge is 2.64. The van der Waals surface area contributed by atoms with Crippen LogP contribution in [-0.4, -0.2) is 29.7 Å². The van der Waals surface area contributed by atoms with Crippen LogP contribution in [0.4, 0.5) is 11.4 Å². The molecule has 3 aliphatic rings. The number of fused-ring (bicyclic) bond motifs is 6. The van der Waals surface area contributed by atoms with Crippen molar-refractivity contribution in [3.8, 4) is 0 Å². The van der Waals surface area contributed by atoms with Crippen LogP contribution in [0.25, 0.3) is 16.8 Å². The maximum Gasteiger partial charge on any atom is 0.240 e. The van der Waals surface area contributed by atoms with Gasteiger partial charge in [-0.15, -0.1) is 0 Å². The van der Waals surface area contributed by atoms with Gasteiger partial charge in [0.15, 0.2) is 5.78 Å². The molecule has 0 saturated carbocycles. The van der Waals surface area contributed by atoms with Gasteiger partial charge in [0, 0.05) is 26.1 Å². The average Bonchev–Trinajstić information content (AvgIpc) is 3.41. The topological polar surface area (TPSA) is 57.7 Å². The van der Waals surface area contributed by atoms with Crippen molar-refractivity contribution in [2.24, 2.45) is 11.8 Å². The summed E-state index contributed by atoms with van der Waals surface area (Å²) in [6, 6.07) is 24.6. The minimum absolute atomic E-state index is 0.197. The van der Waals surface area contributed by atoms with Crippen LogP contribution in [0, 0.1) is 11.8 Å². The zero-order valence-corrected chi connectivity index (χ0v) is 22.3. The second kappa shape index (κ2) is 8.65. The van der Waals surface area contributed by atoms with Crippen molar-refractivity contribution < 1.29 is 14.4 Å². The summed E-state index contributed by atoms with van der Waals surface area (Å²) >= 11 is 9.81. The monoisotopic (exact) mass is 582 g/mol. The Hall–Kier alpha value is -3.74. The molecule has 2 fully saturated rings. The zero-order valence-electron chi connectivity index (χ0n) is 19.9. The fraction of sp³-hybridized carbons (Fsp3) is 0.129. The number of imide groups is 1. The number of amides is 2. The van der Waals surface area contributed by atoms with Gasteiger partial charge in [0.1, 0.15) is 6.04 Å². The van der Waals surface area contributed by atoms with Gasteiger partial charge in [0.25, 0.3) is 0 Å². The van der Waals surface area contributed by atoms with Crippen molar-refractivity contribution in [2.45, 2.75) is 12.1 Å². The molecule has 3 aliphatic heterocycles. The maximum atomic E-state index is 14.2. The van der Waals surface area contributed by atoms with Crippen LogP contribution in [0.5, 0.6) is 0 Å². The number of hydrogen-bond donors (Lipinski definition) is 0. The van der Waals surface area contributed by atoms with Crippen LogP contribution < -0.4 is 9.80 Å². The van der Waals surface area contributed by atoms with E-state index in [1.54, 1.807) is 24.3 Å². The van der Waals surface area contributed by atoms with E-state index in [-0.39, 0.29) is 17.6 Å². The second-order valence-corrected chi connectivity index (χ2v) is 11.2. The number of nitrogens with zero attached hydrogens (tertiary/aromatic N) is 2. The first-order valence-electron chi connectivity index (χ1n) is 12.4. The van der Waals surface area contributed by atoms with Crippen molar-refractivity contribution in [1.82, 2.24) is 0 Å². The molecule has 2 saturated heterocycles. The van der Waals surface area contributed by atoms with E-state index in [0.29, 0.717) is 16.3 Å². The van der Waals surface area contributed by atoms with E-state index in [2.05, 4.69) is 15.9 Å². The number of anilines is 2. The Morgan fingerprint density at radius 3 is 2.37 bits per heavy atom. The molecule has 0 unspecified atom stereocenters. The predicted octanol–water partition coefficient (Wildman–Crippen LogP) is 6.53. The first-order valence-corrected chi connectivity index (χ1v) is 13.5. The largest absolute Gasteiger partial charge is 0.352 e. The fourth-order valence-electron chi connectivity index (χ4n) is 6.26. The van der Waals surface area contributed by atoms with Crippen LogP contribution in [-0.2, 0) is 9.59 Å². The molecular weight excluding hydrogens is 564 g/mol. The fourth-order valence-corrected chi connectivity index (χ4v) is 6.69. The smallest absolute Gasteiger partial charge is 0.240 e. The summed E-state index contributed by atoms with van der Waals surface area (Å²) in [6.07, 6.45) is 3.90. The van der Waals surface area contributed by atoms with Crippen molar-refractivity contribution in [3.63, 3.8) is 0 Å². The number of carbonyl (C=O) groups is 3. The number of carbonyl (C=O) groups excluding carboxylic acids is 3. The van der Waals surface area contributed by atoms with Crippen molar-refractivity contribution in [3.05, 3.63) is 112 Å². The van der Waals surface area contributed by atoms with Crippen molar-refractivity contribution >= 4 is 73.4 Å². The van der Waals surface area contributed by atoms with Gasteiger partial charge >= 0.3 is 0 Å². The van der Waals surface area contributed by atoms with E-state index in [4.69, 9.17) is 11.6 Å². The quantitative estimate of drug-likeness (QED) is 0.203. The third kappa shape index (κ3) is 3.33. The lowest BCUT2D eigenvalue weighted by atomic mass is 9.86. The van der Waals surface area contributed by atoms with Gasteiger partial charge in [-0.25, -0.2) is 4.90 Å². The van der Waals surface area contributed by atoms with E-state index in [1.165, 1.54) is 4.90 Å². The molecule has 2 amide bonds. The first-order chi connectivity index (χ1) is 18.4. The van der Waals surface area contributed by atoms with Gasteiger partial charge in [-0.1, -0.05) is 94.3 Å². The number of hydrogen-bond acceptors (Lipinski definition) is 4. The van der Waals surface area contributed by atoms with Gasteiger partial charge in [0.2, 0.25) is 11.8 Å². The van der Waals surface area contributed by atoms with Crippen molar-refractivity contribution in [2.75, 3.05) is 9.80 Å². The van der Waals surface area contributed by atoms with Gasteiger partial charge < -0.3 is 4.90 Å². The second-order valence-electron chi connectivity index (χ2n) is 9.84. The van der Waals surface area contributed by atoms with Gasteiger partial charge in [-0.2, -0.15) is 0 Å². The van der Waals surface area contributed by atoms with E-state index in [1.807, 2.05) is 77.7 Å². The normalized spacial score (nSPS) is 23.5. The predicted molar refractivity (Wildman–Crippen MR) is 152 cm³/mol. The average molecular weight is 584 g/mol. The SMILES string of the molecule is O=C(c1ccc(Br)cc1)[C@@H]1[C@@H]2C(=O)N(c3cccc4ccccc34)C(=O)[C@H]2[C@H]2C=Cc3ccc(Cl)cc3N21. The third-order valence-electron chi connectivity index (χ3n) is 7.88. The Bertz CT molecular complexity index is 1690. The summed E-state index contributed by atoms with van der Waals surface area (Å²) in [6.45, 7) is 0. The van der Waals surface area contributed by atoms with Gasteiger partial charge in [-0.05, 0) is 41.3 Å². The van der Waals surface area contributed by atoms with E-state index < -0.39 is 23.9 Å². The van der Waals surface area contributed by atoms with Crippen LogP contribution in [0.15, 0.2) is 95.5 Å². The molecule has 186 valence electrons. The summed E-state index contributed by atoms with van der Waals surface area (Å²) in [4.78, 5) is 45.8. The molecular formula is C31H20BrClN2O3. The van der Waals surface area contributed by atoms with Gasteiger partial charge in [-0.3, -0.25) is 14.4 Å². The lowest BCUT2D eigenvalue weighted by Gasteiger charge is -2.36. The number of Topliss-reactive ketones (excluding diaryl/α,β-unsaturated/α-hetero) is 1. The molecule has 3 heterocycles. The number of ketones is 1. The minimum atomic E-state index is -0.857. The third-order valence-corrected chi connectivity index (χ3v) is 8.64. The van der Waals surface area contributed by atoms with Crippen LogP contribution >= 0.6 is 27.5 Å². The van der Waals surface area contributed by atoms with Crippen LogP contribution in [0.1, 0.15) is 15.9 Å². The molecule has 0 N–H and O–H groups in total. The Morgan fingerprint density at radius 1 is 0.816 bits per heavy atom. The highest BCUT2D eigenvalue weighted by atomic mass is 79.9. The Kier molecular flexibility index (Phi) is 5.32. The molecule has 4 aromatic carbocycles. The summed E-state index contributed by atoms with van der Waals surface area (Å²) in [7, 11) is 0. The molecule has 0 radical (unpaired) electrons. The molecule has 38 heavy (non-hydrogen) atoms. The molecule has 4 atom stereocenters. The zero-order chi connectivity index (χ0) is 26.1. The van der Waals surface area contributed by atoms with Crippen molar-refractivity contribution in [1.29, 1.82) is 0 Å². The van der Waals surface area contributed by atoms with E-state index in [0.717, 1.165) is 26.5 Å². The van der Waals surface area contributed by atoms with E-state index >= 15 is 0 Å². The Balaban J connectivity index is 1.40.